The molecule has 0 aromatic heterocycles. The Morgan fingerprint density at radius 2 is 1.76 bits per heavy atom. The van der Waals surface area contributed by atoms with Crippen LogP contribution in [0.4, 0.5) is 0 Å². The second kappa shape index (κ2) is 6.77. The van der Waals surface area contributed by atoms with Crippen molar-refractivity contribution in [1.29, 1.82) is 0 Å². The van der Waals surface area contributed by atoms with Crippen LogP contribution in [0, 0.1) is 17.3 Å². The summed E-state index contributed by atoms with van der Waals surface area (Å²) in [7, 11) is 1.67. The lowest BCUT2D eigenvalue weighted by atomic mass is 9.69. The highest BCUT2D eigenvalue weighted by molar-refractivity contribution is 5.84. The van der Waals surface area contributed by atoms with E-state index in [1.165, 1.54) is 0 Å². The summed E-state index contributed by atoms with van der Waals surface area (Å²) in [5.74, 6) is 1.09. The van der Waals surface area contributed by atoms with Crippen molar-refractivity contribution in [2.24, 2.45) is 23.0 Å². The molecule has 0 radical (unpaired) electrons. The molecule has 0 unspecified atom stereocenters. The van der Waals surface area contributed by atoms with Gasteiger partial charge in [-0.2, -0.15) is 0 Å². The van der Waals surface area contributed by atoms with Gasteiger partial charge in [0.25, 0.3) is 0 Å². The third-order valence-corrected chi connectivity index (χ3v) is 5.48. The highest BCUT2D eigenvalue weighted by Gasteiger charge is 2.43. The molecule has 1 saturated heterocycles. The number of carbonyl (C=O) groups excluding carboxylic acids is 2. The molecule has 2 aliphatic rings. The van der Waals surface area contributed by atoms with Crippen LogP contribution in [-0.2, 0) is 9.59 Å². The lowest BCUT2D eigenvalue weighted by Gasteiger charge is -2.42. The molecule has 3 N–H and O–H groups in total. The predicted molar refractivity (Wildman–Crippen MR) is 82.5 cm³/mol. The Labute approximate surface area is 127 Å². The minimum absolute atomic E-state index is 0.0549. The predicted octanol–water partition coefficient (Wildman–Crippen LogP) is 1.13. The van der Waals surface area contributed by atoms with E-state index >= 15 is 0 Å². The highest BCUT2D eigenvalue weighted by Crippen LogP contribution is 2.40. The Hall–Kier alpha value is -1.10. The van der Waals surface area contributed by atoms with Gasteiger partial charge in [0.15, 0.2) is 0 Å². The van der Waals surface area contributed by atoms with Gasteiger partial charge in [0.05, 0.1) is 5.41 Å². The zero-order valence-electron chi connectivity index (χ0n) is 13.4. The second-order valence-electron chi connectivity index (χ2n) is 6.85. The van der Waals surface area contributed by atoms with Gasteiger partial charge < -0.3 is 16.0 Å². The number of rotatable bonds is 3. The minimum atomic E-state index is -0.341. The van der Waals surface area contributed by atoms with E-state index in [9.17, 15) is 9.59 Å². The van der Waals surface area contributed by atoms with Crippen molar-refractivity contribution in [2.45, 2.75) is 45.4 Å². The molecular formula is C16H29N3O2. The first-order chi connectivity index (χ1) is 10.0. The largest absolute Gasteiger partial charge is 0.359 e. The van der Waals surface area contributed by atoms with Crippen molar-refractivity contribution in [1.82, 2.24) is 10.2 Å². The van der Waals surface area contributed by atoms with E-state index in [2.05, 4.69) is 12.2 Å². The summed E-state index contributed by atoms with van der Waals surface area (Å²) in [5.41, 5.74) is 5.64. The Bertz CT molecular complexity index is 381. The molecule has 21 heavy (non-hydrogen) atoms. The van der Waals surface area contributed by atoms with Crippen molar-refractivity contribution in [3.05, 3.63) is 0 Å². The van der Waals surface area contributed by atoms with E-state index in [0.29, 0.717) is 25.6 Å². The molecule has 1 saturated carbocycles. The van der Waals surface area contributed by atoms with E-state index in [1.54, 1.807) is 7.05 Å². The molecule has 2 amide bonds. The van der Waals surface area contributed by atoms with Crippen LogP contribution in [0.3, 0.4) is 0 Å². The molecule has 2 fully saturated rings. The van der Waals surface area contributed by atoms with E-state index in [0.717, 1.165) is 38.5 Å². The molecular weight excluding hydrogens is 266 g/mol. The first-order valence-corrected chi connectivity index (χ1v) is 8.23. The van der Waals surface area contributed by atoms with Crippen LogP contribution in [0.25, 0.3) is 0 Å². The SMILES string of the molecule is CNC(=O)C1CCN(C(=O)C2(CN)CCC(C)CC2)CC1. The molecule has 1 heterocycles. The van der Waals surface area contributed by atoms with Crippen LogP contribution in [0.2, 0.25) is 0 Å². The average molecular weight is 295 g/mol. The smallest absolute Gasteiger partial charge is 0.230 e. The lowest BCUT2D eigenvalue weighted by molar-refractivity contribution is -0.146. The van der Waals surface area contributed by atoms with Gasteiger partial charge in [-0.25, -0.2) is 0 Å². The molecule has 120 valence electrons. The molecule has 1 aliphatic heterocycles. The van der Waals surface area contributed by atoms with Gasteiger partial charge in [0.1, 0.15) is 0 Å². The number of likely N-dealkylation sites (tertiary alicyclic amines) is 1. The summed E-state index contributed by atoms with van der Waals surface area (Å²) in [5, 5.41) is 2.70. The molecule has 5 heteroatoms. The van der Waals surface area contributed by atoms with Crippen LogP contribution in [0.1, 0.15) is 45.4 Å². The highest BCUT2D eigenvalue weighted by atomic mass is 16.2. The lowest BCUT2D eigenvalue weighted by Crippen LogP contribution is -2.52. The summed E-state index contributed by atoms with van der Waals surface area (Å²) >= 11 is 0. The van der Waals surface area contributed by atoms with Crippen molar-refractivity contribution < 1.29 is 9.59 Å². The molecule has 0 bridgehead atoms. The monoisotopic (exact) mass is 295 g/mol. The van der Waals surface area contributed by atoms with Gasteiger partial charge in [-0.1, -0.05) is 6.92 Å². The number of nitrogens with zero attached hydrogens (tertiary/aromatic N) is 1. The Balaban J connectivity index is 1.96. The van der Waals surface area contributed by atoms with Crippen molar-refractivity contribution in [3.63, 3.8) is 0 Å². The van der Waals surface area contributed by atoms with Gasteiger partial charge in [-0.15, -0.1) is 0 Å². The van der Waals surface area contributed by atoms with Crippen LogP contribution < -0.4 is 11.1 Å². The molecule has 2 rings (SSSR count). The van der Waals surface area contributed by atoms with E-state index < -0.39 is 0 Å². The number of piperidine rings is 1. The normalized spacial score (nSPS) is 31.0. The molecule has 5 nitrogen and oxygen atoms in total. The maximum Gasteiger partial charge on any atom is 0.230 e. The standard InChI is InChI=1S/C16H29N3O2/c1-12-3-7-16(11-17,8-4-12)15(21)19-9-5-13(6-10-19)14(20)18-2/h12-13H,3-11,17H2,1-2H3,(H,18,20). The number of hydrogen-bond acceptors (Lipinski definition) is 3. The fourth-order valence-electron chi connectivity index (χ4n) is 3.70. The zero-order valence-corrected chi connectivity index (χ0v) is 13.4. The third-order valence-electron chi connectivity index (χ3n) is 5.48. The van der Waals surface area contributed by atoms with Crippen LogP contribution in [0.5, 0.6) is 0 Å². The van der Waals surface area contributed by atoms with E-state index in [4.69, 9.17) is 5.73 Å². The number of carbonyl (C=O) groups is 2. The quantitative estimate of drug-likeness (QED) is 0.819. The average Bonchev–Trinajstić information content (AvgIpc) is 2.54. The van der Waals surface area contributed by atoms with Gasteiger partial charge in [0.2, 0.25) is 11.8 Å². The third kappa shape index (κ3) is 3.39. The fourth-order valence-corrected chi connectivity index (χ4v) is 3.70. The Morgan fingerprint density at radius 1 is 1.19 bits per heavy atom. The van der Waals surface area contributed by atoms with Crippen LogP contribution >= 0.6 is 0 Å². The van der Waals surface area contributed by atoms with Gasteiger partial charge in [-0.3, -0.25) is 9.59 Å². The van der Waals surface area contributed by atoms with Crippen molar-refractivity contribution >= 4 is 11.8 Å². The van der Waals surface area contributed by atoms with Crippen molar-refractivity contribution in [2.75, 3.05) is 26.7 Å². The molecule has 1 aliphatic carbocycles. The summed E-state index contributed by atoms with van der Waals surface area (Å²) < 4.78 is 0. The van der Waals surface area contributed by atoms with Gasteiger partial charge in [0, 0.05) is 32.6 Å². The summed E-state index contributed by atoms with van der Waals surface area (Å²) in [6.07, 6.45) is 5.55. The summed E-state index contributed by atoms with van der Waals surface area (Å²) in [4.78, 5) is 26.5. The van der Waals surface area contributed by atoms with Crippen molar-refractivity contribution in [3.8, 4) is 0 Å². The number of amides is 2. The van der Waals surface area contributed by atoms with Gasteiger partial charge in [-0.05, 0) is 44.4 Å². The first kappa shape index (κ1) is 16.3. The second-order valence-corrected chi connectivity index (χ2v) is 6.85. The summed E-state index contributed by atoms with van der Waals surface area (Å²) in [6.45, 7) is 4.08. The molecule has 0 aromatic carbocycles. The van der Waals surface area contributed by atoms with Crippen LogP contribution in [-0.4, -0.2) is 43.4 Å². The zero-order chi connectivity index (χ0) is 15.5. The fraction of sp³-hybridized carbons (Fsp3) is 0.875. The van der Waals surface area contributed by atoms with E-state index in [1.807, 2.05) is 4.90 Å². The number of nitrogens with one attached hydrogen (secondary N) is 1. The maximum atomic E-state index is 12.9. The number of nitrogens with two attached hydrogens (primary N) is 1. The molecule has 0 spiro atoms. The van der Waals surface area contributed by atoms with Gasteiger partial charge >= 0.3 is 0 Å². The topological polar surface area (TPSA) is 75.4 Å². The first-order valence-electron chi connectivity index (χ1n) is 8.23. The minimum Gasteiger partial charge on any atom is -0.359 e. The Kier molecular flexibility index (Phi) is 5.25. The maximum absolute atomic E-state index is 12.9. The summed E-state index contributed by atoms with van der Waals surface area (Å²) in [6, 6.07) is 0. The Morgan fingerprint density at radius 3 is 2.24 bits per heavy atom. The molecule has 0 aromatic rings. The van der Waals surface area contributed by atoms with Crippen LogP contribution in [0.15, 0.2) is 0 Å². The number of hydrogen-bond donors (Lipinski definition) is 2. The molecule has 0 atom stereocenters. The van der Waals surface area contributed by atoms with E-state index in [-0.39, 0.29) is 23.1 Å².